The third kappa shape index (κ3) is 4.93. The lowest BCUT2D eigenvalue weighted by Gasteiger charge is -2.09. The summed E-state index contributed by atoms with van der Waals surface area (Å²) < 4.78 is 1.21. The molecule has 84 valence electrons. The smallest absolute Gasteiger partial charge is 0.326 e. The molecule has 8 heteroatoms. The molecule has 0 aliphatic rings. The largest absolute Gasteiger partial charge is 0.336 e. The van der Waals surface area contributed by atoms with Gasteiger partial charge in [-0.2, -0.15) is 16.9 Å². The summed E-state index contributed by atoms with van der Waals surface area (Å²) in [4.78, 5) is 15.0. The van der Waals surface area contributed by atoms with Gasteiger partial charge in [-0.25, -0.2) is 9.78 Å². The Morgan fingerprint density at radius 3 is 3.20 bits per heavy atom. The highest BCUT2D eigenvalue weighted by molar-refractivity contribution is 7.98. The quantitative estimate of drug-likeness (QED) is 0.524. The number of H-pyrrole nitrogens is 1. The van der Waals surface area contributed by atoms with Crippen LogP contribution in [-0.2, 0) is 5.75 Å². The zero-order valence-corrected chi connectivity index (χ0v) is 10.0. The van der Waals surface area contributed by atoms with Crippen LogP contribution in [0.1, 0.15) is 5.82 Å². The van der Waals surface area contributed by atoms with Crippen molar-refractivity contribution in [1.82, 2.24) is 24.8 Å². The molecule has 1 rings (SSSR count). The van der Waals surface area contributed by atoms with Gasteiger partial charge in [-0.1, -0.05) is 12.8 Å². The lowest BCUT2D eigenvalue weighted by Crippen LogP contribution is -2.32. The van der Waals surface area contributed by atoms with E-state index in [1.165, 1.54) is 10.6 Å². The highest BCUT2D eigenvalue weighted by Crippen LogP contribution is 2.05. The second-order valence-electron chi connectivity index (χ2n) is 2.74. The predicted octanol–water partition coefficient (Wildman–Crippen LogP) is 0.524. The van der Waals surface area contributed by atoms with Crippen LogP contribution >= 0.6 is 24.6 Å². The molecule has 0 aromatic carbocycles. The van der Waals surface area contributed by atoms with E-state index in [-0.39, 0.29) is 6.03 Å². The number of aromatic nitrogens is 3. The van der Waals surface area contributed by atoms with E-state index in [9.17, 15) is 4.79 Å². The monoisotopic (exact) mass is 247 g/mol. The summed E-state index contributed by atoms with van der Waals surface area (Å²) in [5.41, 5.74) is 0. The van der Waals surface area contributed by atoms with Crippen molar-refractivity contribution in [3.05, 3.63) is 12.2 Å². The van der Waals surface area contributed by atoms with Crippen molar-refractivity contribution in [3.8, 4) is 0 Å². The van der Waals surface area contributed by atoms with Crippen molar-refractivity contribution in [2.75, 3.05) is 19.3 Å². The second-order valence-corrected chi connectivity index (χ2v) is 4.45. The van der Waals surface area contributed by atoms with Gasteiger partial charge in [0.25, 0.3) is 0 Å². The van der Waals surface area contributed by atoms with Crippen molar-refractivity contribution in [3.63, 3.8) is 0 Å². The number of aromatic amines is 1. The molecule has 1 aromatic heterocycles. The molecule has 0 fully saturated rings. The molecule has 0 aliphatic carbocycles. The first-order chi connectivity index (χ1) is 7.20. The van der Waals surface area contributed by atoms with Crippen LogP contribution in [-0.4, -0.2) is 44.9 Å². The maximum absolute atomic E-state index is 11.0. The molecule has 1 heterocycles. The summed E-state index contributed by atoms with van der Waals surface area (Å²) >= 11 is 5.53. The van der Waals surface area contributed by atoms with Gasteiger partial charge >= 0.3 is 6.03 Å². The van der Waals surface area contributed by atoms with E-state index in [0.29, 0.717) is 6.54 Å². The Morgan fingerprint density at radius 1 is 1.80 bits per heavy atom. The number of thioether (sulfide) groups is 1. The van der Waals surface area contributed by atoms with Gasteiger partial charge in [0.05, 0.1) is 5.75 Å². The van der Waals surface area contributed by atoms with Gasteiger partial charge in [0.1, 0.15) is 12.2 Å². The number of carbonyl (C=O) groups excluding carboxylic acids is 1. The summed E-state index contributed by atoms with van der Waals surface area (Å²) in [6.07, 6.45) is 1.48. The Kier molecular flexibility index (Phi) is 5.33. The van der Waals surface area contributed by atoms with Crippen LogP contribution in [0.5, 0.6) is 0 Å². The molecule has 0 unspecified atom stereocenters. The summed E-state index contributed by atoms with van der Waals surface area (Å²) in [7, 11) is 1.58. The first kappa shape index (κ1) is 12.2. The van der Waals surface area contributed by atoms with Crippen molar-refractivity contribution in [2.45, 2.75) is 5.75 Å². The number of hydrogen-bond donors (Lipinski definition) is 3. The maximum Gasteiger partial charge on any atom is 0.326 e. The average molecular weight is 247 g/mol. The summed E-state index contributed by atoms with van der Waals surface area (Å²) in [5, 5.41) is 9.21. The Hall–Kier alpha value is -0.890. The van der Waals surface area contributed by atoms with E-state index in [1.54, 1.807) is 18.8 Å². The fourth-order valence-electron chi connectivity index (χ4n) is 0.814. The van der Waals surface area contributed by atoms with Crippen LogP contribution in [0.2, 0.25) is 0 Å². The summed E-state index contributed by atoms with van der Waals surface area (Å²) in [6.45, 7) is 0.614. The lowest BCUT2D eigenvalue weighted by atomic mass is 10.7. The number of rotatable bonds is 5. The van der Waals surface area contributed by atoms with Crippen molar-refractivity contribution in [2.24, 2.45) is 0 Å². The fraction of sp³-hybridized carbons (Fsp3) is 0.571. The number of urea groups is 1. The maximum atomic E-state index is 11.0. The third-order valence-corrected chi connectivity index (χ3v) is 2.67. The van der Waals surface area contributed by atoms with Crippen LogP contribution < -0.4 is 5.32 Å². The van der Waals surface area contributed by atoms with Gasteiger partial charge in [0.15, 0.2) is 0 Å². The normalized spacial score (nSPS) is 10.0. The molecule has 0 aliphatic heterocycles. The summed E-state index contributed by atoms with van der Waals surface area (Å²) in [5.74, 6) is 2.44. The molecule has 2 amide bonds. The minimum Gasteiger partial charge on any atom is -0.336 e. The van der Waals surface area contributed by atoms with E-state index in [1.807, 2.05) is 0 Å². The number of nitrogens with one attached hydrogen (secondary N) is 2. The minimum absolute atomic E-state index is 0.196. The SMILES string of the molecule is CN(S)C(=O)NCCSCc1ncn[nH]1. The van der Waals surface area contributed by atoms with Crippen molar-refractivity contribution < 1.29 is 4.79 Å². The molecular formula is C7H13N5OS2. The standard InChI is InChI=1S/C7H13N5OS2/c1-12(14)7(13)8-2-3-15-4-6-9-5-10-11-6/h5,14H,2-4H2,1H3,(H,8,13)(H,9,10,11). The molecule has 2 N–H and O–H groups in total. The Bertz CT molecular complexity index is 290. The second kappa shape index (κ2) is 6.57. The minimum atomic E-state index is -0.196. The Morgan fingerprint density at radius 2 is 2.60 bits per heavy atom. The first-order valence-electron chi connectivity index (χ1n) is 4.32. The highest BCUT2D eigenvalue weighted by atomic mass is 32.2. The van der Waals surface area contributed by atoms with Crippen LogP contribution in [0, 0.1) is 0 Å². The van der Waals surface area contributed by atoms with Gasteiger partial charge in [-0.05, 0) is 0 Å². The summed E-state index contributed by atoms with van der Waals surface area (Å²) in [6, 6.07) is -0.196. The molecule has 0 atom stereocenters. The lowest BCUT2D eigenvalue weighted by molar-refractivity contribution is 0.231. The molecule has 0 radical (unpaired) electrons. The van der Waals surface area contributed by atoms with Gasteiger partial charge in [-0.3, -0.25) is 9.40 Å². The van der Waals surface area contributed by atoms with E-state index in [0.717, 1.165) is 17.3 Å². The molecule has 0 bridgehead atoms. The van der Waals surface area contributed by atoms with Crippen LogP contribution in [0.15, 0.2) is 6.33 Å². The third-order valence-electron chi connectivity index (χ3n) is 1.52. The molecular weight excluding hydrogens is 234 g/mol. The number of nitrogens with zero attached hydrogens (tertiary/aromatic N) is 3. The molecule has 0 spiro atoms. The van der Waals surface area contributed by atoms with E-state index in [4.69, 9.17) is 0 Å². The number of thiol groups is 1. The number of hydrogen-bond acceptors (Lipinski definition) is 5. The van der Waals surface area contributed by atoms with Gasteiger partial charge in [0, 0.05) is 19.3 Å². The van der Waals surface area contributed by atoms with Gasteiger partial charge < -0.3 is 5.32 Å². The van der Waals surface area contributed by atoms with Crippen molar-refractivity contribution in [1.29, 1.82) is 0 Å². The molecule has 15 heavy (non-hydrogen) atoms. The van der Waals surface area contributed by atoms with Crippen LogP contribution in [0.3, 0.4) is 0 Å². The zero-order valence-electron chi connectivity index (χ0n) is 8.30. The molecule has 0 saturated heterocycles. The van der Waals surface area contributed by atoms with Gasteiger partial charge in [0.2, 0.25) is 0 Å². The Balaban J connectivity index is 2.00. The highest BCUT2D eigenvalue weighted by Gasteiger charge is 2.02. The van der Waals surface area contributed by atoms with Gasteiger partial charge in [-0.15, -0.1) is 0 Å². The predicted molar refractivity (Wildman–Crippen MR) is 62.7 cm³/mol. The van der Waals surface area contributed by atoms with Crippen LogP contribution in [0.25, 0.3) is 0 Å². The topological polar surface area (TPSA) is 73.9 Å². The Labute approximate surface area is 97.8 Å². The van der Waals surface area contributed by atoms with Crippen LogP contribution in [0.4, 0.5) is 4.79 Å². The molecule has 1 aromatic rings. The van der Waals surface area contributed by atoms with E-state index in [2.05, 4.69) is 33.3 Å². The first-order valence-corrected chi connectivity index (χ1v) is 5.88. The number of amides is 2. The fourth-order valence-corrected chi connectivity index (χ4v) is 1.61. The average Bonchev–Trinajstić information content (AvgIpc) is 2.69. The van der Waals surface area contributed by atoms with Crippen molar-refractivity contribution >= 4 is 30.6 Å². The zero-order chi connectivity index (χ0) is 11.1. The van der Waals surface area contributed by atoms with E-state index >= 15 is 0 Å². The molecule has 0 saturated carbocycles. The molecule has 6 nitrogen and oxygen atoms in total. The number of carbonyl (C=O) groups is 1. The van der Waals surface area contributed by atoms with E-state index < -0.39 is 0 Å².